The molecule has 0 atom stereocenters. The standard InChI is InChI=1S/C13H18BrN3/c1-13(2,17(3)4)9-16-12-7-11(14)6-5-10(12)8-15/h5-7,16H,9H2,1-4H3. The molecule has 1 rings (SSSR count). The van der Waals surface area contributed by atoms with Gasteiger partial charge in [0, 0.05) is 16.6 Å². The molecule has 17 heavy (non-hydrogen) atoms. The minimum Gasteiger partial charge on any atom is -0.382 e. The largest absolute Gasteiger partial charge is 0.382 e. The fourth-order valence-electron chi connectivity index (χ4n) is 1.23. The lowest BCUT2D eigenvalue weighted by molar-refractivity contribution is 0.210. The van der Waals surface area contributed by atoms with Crippen LogP contribution in [0.2, 0.25) is 0 Å². The maximum absolute atomic E-state index is 9.03. The lowest BCUT2D eigenvalue weighted by Crippen LogP contribution is -2.44. The highest BCUT2D eigenvalue weighted by Crippen LogP contribution is 2.22. The topological polar surface area (TPSA) is 39.1 Å². The van der Waals surface area contributed by atoms with Crippen molar-refractivity contribution in [1.29, 1.82) is 5.26 Å². The Labute approximate surface area is 112 Å². The molecule has 0 fully saturated rings. The molecule has 0 amide bonds. The molecule has 4 heteroatoms. The van der Waals surface area contributed by atoms with Crippen LogP contribution in [0.1, 0.15) is 19.4 Å². The van der Waals surface area contributed by atoms with E-state index in [1.54, 1.807) is 0 Å². The van der Waals surface area contributed by atoms with Crippen molar-refractivity contribution in [2.75, 3.05) is 26.0 Å². The first-order chi connectivity index (χ1) is 7.86. The molecule has 0 aliphatic rings. The van der Waals surface area contributed by atoms with Crippen LogP contribution in [0.15, 0.2) is 22.7 Å². The summed E-state index contributed by atoms with van der Waals surface area (Å²) in [5.74, 6) is 0. The van der Waals surface area contributed by atoms with E-state index in [4.69, 9.17) is 5.26 Å². The smallest absolute Gasteiger partial charge is 0.101 e. The van der Waals surface area contributed by atoms with E-state index in [-0.39, 0.29) is 5.54 Å². The third-order valence-electron chi connectivity index (χ3n) is 3.02. The summed E-state index contributed by atoms with van der Waals surface area (Å²) in [6.45, 7) is 5.10. The van der Waals surface area contributed by atoms with E-state index >= 15 is 0 Å². The van der Waals surface area contributed by atoms with Gasteiger partial charge in [-0.3, -0.25) is 0 Å². The maximum atomic E-state index is 9.03. The second-order valence-corrected chi connectivity index (χ2v) is 5.78. The summed E-state index contributed by atoms with van der Waals surface area (Å²) in [5, 5.41) is 12.4. The number of nitrogens with one attached hydrogen (secondary N) is 1. The van der Waals surface area contributed by atoms with Gasteiger partial charge < -0.3 is 10.2 Å². The Morgan fingerprint density at radius 2 is 2.06 bits per heavy atom. The normalized spacial score (nSPS) is 11.4. The second-order valence-electron chi connectivity index (χ2n) is 4.86. The van der Waals surface area contributed by atoms with Gasteiger partial charge in [0.2, 0.25) is 0 Å². The number of likely N-dealkylation sites (N-methyl/N-ethyl adjacent to an activating group) is 1. The summed E-state index contributed by atoms with van der Waals surface area (Å²) in [7, 11) is 4.10. The number of nitrogens with zero attached hydrogens (tertiary/aromatic N) is 2. The molecule has 1 N–H and O–H groups in total. The molecule has 1 aromatic carbocycles. The van der Waals surface area contributed by atoms with E-state index in [9.17, 15) is 0 Å². The molecule has 1 aromatic rings. The van der Waals surface area contributed by atoms with Crippen molar-refractivity contribution in [2.45, 2.75) is 19.4 Å². The molecular formula is C13H18BrN3. The van der Waals surface area contributed by atoms with Crippen molar-refractivity contribution in [1.82, 2.24) is 4.90 Å². The molecule has 0 aliphatic carbocycles. The molecular weight excluding hydrogens is 278 g/mol. The monoisotopic (exact) mass is 295 g/mol. The van der Waals surface area contributed by atoms with Crippen molar-refractivity contribution in [3.63, 3.8) is 0 Å². The molecule has 0 saturated heterocycles. The van der Waals surface area contributed by atoms with Gasteiger partial charge in [0.15, 0.2) is 0 Å². The third-order valence-corrected chi connectivity index (χ3v) is 3.52. The first-order valence-electron chi connectivity index (χ1n) is 5.48. The number of halogens is 1. The summed E-state index contributed by atoms with van der Waals surface area (Å²) in [6, 6.07) is 7.82. The molecule has 0 aliphatic heterocycles. The molecule has 0 bridgehead atoms. The zero-order valence-corrected chi connectivity index (χ0v) is 12.3. The van der Waals surface area contributed by atoms with Crippen LogP contribution in [0.4, 0.5) is 5.69 Å². The highest BCUT2D eigenvalue weighted by Gasteiger charge is 2.20. The average Bonchev–Trinajstić information content (AvgIpc) is 2.26. The first kappa shape index (κ1) is 14.0. The maximum Gasteiger partial charge on any atom is 0.101 e. The minimum atomic E-state index is 0.0367. The van der Waals surface area contributed by atoms with Gasteiger partial charge in [-0.25, -0.2) is 0 Å². The molecule has 0 saturated carbocycles. The Kier molecular flexibility index (Phi) is 4.55. The van der Waals surface area contributed by atoms with Crippen molar-refractivity contribution >= 4 is 21.6 Å². The number of nitriles is 1. The van der Waals surface area contributed by atoms with E-state index in [1.165, 1.54) is 0 Å². The summed E-state index contributed by atoms with van der Waals surface area (Å²) in [4.78, 5) is 2.16. The van der Waals surface area contributed by atoms with Crippen molar-refractivity contribution in [2.24, 2.45) is 0 Å². The number of hydrogen-bond acceptors (Lipinski definition) is 3. The molecule has 92 valence electrons. The lowest BCUT2D eigenvalue weighted by atomic mass is 10.0. The molecule has 0 spiro atoms. The van der Waals surface area contributed by atoms with Gasteiger partial charge in [0.1, 0.15) is 6.07 Å². The zero-order chi connectivity index (χ0) is 13.1. The van der Waals surface area contributed by atoms with Crippen molar-refractivity contribution in [3.8, 4) is 6.07 Å². The van der Waals surface area contributed by atoms with Gasteiger partial charge in [-0.2, -0.15) is 5.26 Å². The molecule has 0 aromatic heterocycles. The van der Waals surface area contributed by atoms with Crippen LogP contribution >= 0.6 is 15.9 Å². The highest BCUT2D eigenvalue weighted by atomic mass is 79.9. The minimum absolute atomic E-state index is 0.0367. The van der Waals surface area contributed by atoms with Crippen LogP contribution in [-0.4, -0.2) is 31.1 Å². The Morgan fingerprint density at radius 1 is 1.41 bits per heavy atom. The average molecular weight is 296 g/mol. The first-order valence-corrected chi connectivity index (χ1v) is 6.27. The van der Waals surface area contributed by atoms with Gasteiger partial charge >= 0.3 is 0 Å². The van der Waals surface area contributed by atoms with E-state index in [1.807, 2.05) is 32.3 Å². The molecule has 0 unspecified atom stereocenters. The van der Waals surface area contributed by atoms with E-state index in [2.05, 4.69) is 46.1 Å². The summed E-state index contributed by atoms with van der Waals surface area (Å²) >= 11 is 3.42. The van der Waals surface area contributed by atoms with Crippen LogP contribution in [0.3, 0.4) is 0 Å². The Balaban J connectivity index is 2.83. The number of benzene rings is 1. The molecule has 0 heterocycles. The van der Waals surface area contributed by atoms with Crippen LogP contribution in [0.25, 0.3) is 0 Å². The fourth-order valence-corrected chi connectivity index (χ4v) is 1.59. The molecule has 3 nitrogen and oxygen atoms in total. The van der Waals surface area contributed by atoms with Crippen LogP contribution < -0.4 is 5.32 Å². The van der Waals surface area contributed by atoms with E-state index < -0.39 is 0 Å². The van der Waals surface area contributed by atoms with Gasteiger partial charge in [-0.05, 0) is 46.1 Å². The lowest BCUT2D eigenvalue weighted by Gasteiger charge is -2.33. The Bertz CT molecular complexity index is 433. The quantitative estimate of drug-likeness (QED) is 0.928. The molecule has 0 radical (unpaired) electrons. The van der Waals surface area contributed by atoms with Gasteiger partial charge in [-0.1, -0.05) is 15.9 Å². The number of hydrogen-bond donors (Lipinski definition) is 1. The third kappa shape index (κ3) is 3.72. The Hall–Kier alpha value is -1.05. The van der Waals surface area contributed by atoms with E-state index in [0.717, 1.165) is 16.7 Å². The summed E-state index contributed by atoms with van der Waals surface area (Å²) in [5.41, 5.74) is 1.58. The fraction of sp³-hybridized carbons (Fsp3) is 0.462. The van der Waals surface area contributed by atoms with E-state index in [0.29, 0.717) is 5.56 Å². The van der Waals surface area contributed by atoms with Gasteiger partial charge in [0.05, 0.1) is 11.3 Å². The summed E-state index contributed by atoms with van der Waals surface area (Å²) in [6.07, 6.45) is 0. The number of anilines is 1. The second kappa shape index (κ2) is 5.52. The predicted octanol–water partition coefficient (Wildman–Crippen LogP) is 3.07. The highest BCUT2D eigenvalue weighted by molar-refractivity contribution is 9.10. The van der Waals surface area contributed by atoms with Gasteiger partial charge in [0.25, 0.3) is 0 Å². The van der Waals surface area contributed by atoms with Crippen LogP contribution in [0.5, 0.6) is 0 Å². The Morgan fingerprint density at radius 3 is 2.59 bits per heavy atom. The zero-order valence-electron chi connectivity index (χ0n) is 10.7. The summed E-state index contributed by atoms with van der Waals surface area (Å²) < 4.78 is 0.974. The SMILES string of the molecule is CN(C)C(C)(C)CNc1cc(Br)ccc1C#N. The number of rotatable bonds is 4. The predicted molar refractivity (Wildman–Crippen MR) is 75.1 cm³/mol. The van der Waals surface area contributed by atoms with Crippen LogP contribution in [0, 0.1) is 11.3 Å². The van der Waals surface area contributed by atoms with Crippen molar-refractivity contribution in [3.05, 3.63) is 28.2 Å². The van der Waals surface area contributed by atoms with Crippen LogP contribution in [-0.2, 0) is 0 Å². The van der Waals surface area contributed by atoms with Crippen molar-refractivity contribution < 1.29 is 0 Å². The van der Waals surface area contributed by atoms with Gasteiger partial charge in [-0.15, -0.1) is 0 Å².